The number of fused-ring (bicyclic) bond motifs is 1. The molecule has 0 fully saturated rings. The van der Waals surface area contributed by atoms with Gasteiger partial charge in [-0.2, -0.15) is 13.2 Å². The molecule has 1 amide bonds. The second-order valence-electron chi connectivity index (χ2n) is 6.44. The molecule has 0 unspecified atom stereocenters. The molecular weight excluding hydrogens is 451 g/mol. The molecule has 13 heteroatoms. The summed E-state index contributed by atoms with van der Waals surface area (Å²) in [5.41, 5.74) is -1.09. The number of carbonyl (C=O) groups excluding carboxylic acids is 1. The fraction of sp³-hybridized carbons (Fsp3) is 0.105. The Morgan fingerprint density at radius 1 is 1.22 bits per heavy atom. The third kappa shape index (κ3) is 4.42. The summed E-state index contributed by atoms with van der Waals surface area (Å²) in [6.07, 6.45) is -3.19. The van der Waals surface area contributed by atoms with Gasteiger partial charge >= 0.3 is 6.18 Å². The average Bonchev–Trinajstić information content (AvgIpc) is 3.38. The van der Waals surface area contributed by atoms with Gasteiger partial charge in [-0.25, -0.2) is 0 Å². The van der Waals surface area contributed by atoms with Crippen LogP contribution in [-0.4, -0.2) is 31.8 Å². The Bertz CT molecular complexity index is 1320. The van der Waals surface area contributed by atoms with Crippen LogP contribution in [-0.2, 0) is 11.0 Å². The second kappa shape index (κ2) is 8.34. The van der Waals surface area contributed by atoms with Crippen LogP contribution >= 0.6 is 11.8 Å². The number of nitrogens with one attached hydrogen (secondary N) is 2. The van der Waals surface area contributed by atoms with Crippen LogP contribution < -0.4 is 5.32 Å². The zero-order chi connectivity index (χ0) is 22.9. The number of para-hydroxylation sites is 1. The van der Waals surface area contributed by atoms with Gasteiger partial charge in [0, 0.05) is 29.2 Å². The summed E-state index contributed by atoms with van der Waals surface area (Å²) in [6.45, 7) is 0. The summed E-state index contributed by atoms with van der Waals surface area (Å²) in [6, 6.07) is 9.55. The van der Waals surface area contributed by atoms with Gasteiger partial charge in [0.15, 0.2) is 0 Å². The van der Waals surface area contributed by atoms with Crippen molar-refractivity contribution < 1.29 is 27.3 Å². The van der Waals surface area contributed by atoms with Gasteiger partial charge in [0.2, 0.25) is 5.91 Å². The molecule has 32 heavy (non-hydrogen) atoms. The van der Waals surface area contributed by atoms with Gasteiger partial charge in [-0.15, -0.1) is 10.2 Å². The van der Waals surface area contributed by atoms with Crippen molar-refractivity contribution in [1.29, 1.82) is 0 Å². The molecule has 0 saturated carbocycles. The van der Waals surface area contributed by atoms with Gasteiger partial charge in [0.1, 0.15) is 0 Å². The number of H-pyrrole nitrogens is 1. The van der Waals surface area contributed by atoms with Crippen LogP contribution in [0, 0.1) is 10.1 Å². The first-order valence-corrected chi connectivity index (χ1v) is 9.89. The van der Waals surface area contributed by atoms with Gasteiger partial charge in [-0.1, -0.05) is 30.0 Å². The van der Waals surface area contributed by atoms with Gasteiger partial charge in [0.05, 0.1) is 27.5 Å². The van der Waals surface area contributed by atoms with E-state index in [2.05, 4.69) is 20.5 Å². The predicted molar refractivity (Wildman–Crippen MR) is 109 cm³/mol. The number of nitro groups is 1. The number of non-ortho nitro benzene ring substituents is 1. The third-order valence-corrected chi connectivity index (χ3v) is 5.16. The van der Waals surface area contributed by atoms with Gasteiger partial charge in [-0.05, 0) is 12.1 Å². The molecule has 0 aliphatic heterocycles. The molecule has 2 aromatic heterocycles. The minimum absolute atomic E-state index is 0.0557. The van der Waals surface area contributed by atoms with E-state index in [1.54, 1.807) is 6.20 Å². The van der Waals surface area contributed by atoms with E-state index in [-0.39, 0.29) is 16.9 Å². The van der Waals surface area contributed by atoms with E-state index in [1.807, 2.05) is 24.3 Å². The third-order valence-electron chi connectivity index (χ3n) is 4.35. The van der Waals surface area contributed by atoms with Crippen molar-refractivity contribution in [2.45, 2.75) is 11.4 Å². The van der Waals surface area contributed by atoms with E-state index >= 15 is 0 Å². The molecular formula is C19H12F3N5O4S. The highest BCUT2D eigenvalue weighted by atomic mass is 32.2. The van der Waals surface area contributed by atoms with Crippen LogP contribution in [0.5, 0.6) is 0 Å². The number of hydrogen-bond donors (Lipinski definition) is 2. The van der Waals surface area contributed by atoms with Crippen molar-refractivity contribution in [3.05, 3.63) is 64.3 Å². The van der Waals surface area contributed by atoms with E-state index in [0.29, 0.717) is 11.6 Å². The minimum atomic E-state index is -4.89. The number of amides is 1. The van der Waals surface area contributed by atoms with Crippen molar-refractivity contribution >= 4 is 39.9 Å². The Hall–Kier alpha value is -3.87. The first kappa shape index (κ1) is 21.4. The highest BCUT2D eigenvalue weighted by Crippen LogP contribution is 2.37. The smallest absolute Gasteiger partial charge is 0.411 e. The molecule has 4 aromatic rings. The lowest BCUT2D eigenvalue weighted by atomic mass is 10.1. The van der Waals surface area contributed by atoms with Crippen molar-refractivity contribution in [2.75, 3.05) is 11.1 Å². The maximum atomic E-state index is 13.2. The van der Waals surface area contributed by atoms with Crippen LogP contribution in [0.4, 0.5) is 24.5 Å². The summed E-state index contributed by atoms with van der Waals surface area (Å²) in [5, 5.41) is 21.6. The number of halogens is 3. The number of nitro benzene ring substituents is 1. The first-order chi connectivity index (χ1) is 15.2. The van der Waals surface area contributed by atoms with Crippen LogP contribution in [0.25, 0.3) is 22.4 Å². The standard InChI is InChI=1S/C19H12F3N5O4S/c20-19(21,22)13-7-10(27(29)30)5-6-15(13)24-16(28)9-32-18-26-25-17(31-18)12-8-23-14-4-2-1-3-11(12)14/h1-8,23H,9H2,(H,24,28). The Morgan fingerprint density at radius 2 is 2.00 bits per heavy atom. The molecule has 0 bridgehead atoms. The number of hydrogen-bond acceptors (Lipinski definition) is 7. The number of rotatable bonds is 6. The lowest BCUT2D eigenvalue weighted by molar-refractivity contribution is -0.385. The number of anilines is 1. The zero-order valence-electron chi connectivity index (χ0n) is 15.8. The Kier molecular flexibility index (Phi) is 5.57. The molecule has 0 radical (unpaired) electrons. The summed E-state index contributed by atoms with van der Waals surface area (Å²) in [5.74, 6) is -0.870. The summed E-state index contributed by atoms with van der Waals surface area (Å²) in [7, 11) is 0. The van der Waals surface area contributed by atoms with Gasteiger partial charge < -0.3 is 14.7 Å². The molecule has 2 heterocycles. The quantitative estimate of drug-likeness (QED) is 0.237. The number of alkyl halides is 3. The Balaban J connectivity index is 1.45. The largest absolute Gasteiger partial charge is 0.418 e. The van der Waals surface area contributed by atoms with E-state index in [4.69, 9.17) is 4.42 Å². The van der Waals surface area contributed by atoms with Gasteiger partial charge in [-0.3, -0.25) is 14.9 Å². The SMILES string of the molecule is O=C(CSc1nnc(-c2c[nH]c3ccccc23)o1)Nc1ccc([N+](=O)[O-])cc1C(F)(F)F. The second-order valence-corrected chi connectivity index (χ2v) is 7.37. The number of benzene rings is 2. The highest BCUT2D eigenvalue weighted by Gasteiger charge is 2.35. The van der Waals surface area contributed by atoms with Crippen LogP contribution in [0.1, 0.15) is 5.56 Å². The van der Waals surface area contributed by atoms with E-state index < -0.39 is 33.9 Å². The summed E-state index contributed by atoms with van der Waals surface area (Å²) in [4.78, 5) is 25.0. The summed E-state index contributed by atoms with van der Waals surface area (Å²) < 4.78 is 45.2. The fourth-order valence-electron chi connectivity index (χ4n) is 2.93. The monoisotopic (exact) mass is 463 g/mol. The highest BCUT2D eigenvalue weighted by molar-refractivity contribution is 7.99. The number of aromatic nitrogens is 3. The Labute approximate surface area is 181 Å². The Morgan fingerprint density at radius 3 is 2.75 bits per heavy atom. The van der Waals surface area contributed by atoms with E-state index in [1.165, 1.54) is 0 Å². The first-order valence-electron chi connectivity index (χ1n) is 8.90. The topological polar surface area (TPSA) is 127 Å². The lowest BCUT2D eigenvalue weighted by Crippen LogP contribution is -2.18. The van der Waals surface area contributed by atoms with Crippen LogP contribution in [0.15, 0.2) is 58.3 Å². The van der Waals surface area contributed by atoms with Crippen LogP contribution in [0.2, 0.25) is 0 Å². The molecule has 9 nitrogen and oxygen atoms in total. The van der Waals surface area contributed by atoms with Gasteiger partial charge in [0.25, 0.3) is 16.8 Å². The fourth-order valence-corrected chi connectivity index (χ4v) is 3.49. The van der Waals surface area contributed by atoms with Crippen molar-refractivity contribution in [3.63, 3.8) is 0 Å². The number of thioether (sulfide) groups is 1. The predicted octanol–water partition coefficient (Wildman–Crippen LogP) is 4.88. The number of carbonyl (C=O) groups is 1. The van der Waals surface area contributed by atoms with E-state index in [0.717, 1.165) is 34.8 Å². The molecule has 2 N–H and O–H groups in total. The van der Waals surface area contributed by atoms with Crippen molar-refractivity contribution in [2.24, 2.45) is 0 Å². The molecule has 0 aliphatic rings. The molecule has 164 valence electrons. The number of nitrogens with zero attached hydrogens (tertiary/aromatic N) is 3. The molecule has 0 spiro atoms. The van der Waals surface area contributed by atoms with Crippen molar-refractivity contribution in [1.82, 2.24) is 15.2 Å². The maximum absolute atomic E-state index is 13.2. The maximum Gasteiger partial charge on any atom is 0.418 e. The average molecular weight is 463 g/mol. The normalized spacial score (nSPS) is 11.6. The summed E-state index contributed by atoms with van der Waals surface area (Å²) >= 11 is 0.841. The molecule has 0 aliphatic carbocycles. The molecule has 0 atom stereocenters. The van der Waals surface area contributed by atoms with E-state index in [9.17, 15) is 28.1 Å². The minimum Gasteiger partial charge on any atom is -0.411 e. The molecule has 0 saturated heterocycles. The van der Waals surface area contributed by atoms with Crippen molar-refractivity contribution in [3.8, 4) is 11.5 Å². The molecule has 4 rings (SSSR count). The lowest BCUT2D eigenvalue weighted by Gasteiger charge is -2.13. The van der Waals surface area contributed by atoms with Crippen LogP contribution in [0.3, 0.4) is 0 Å². The number of aromatic amines is 1. The zero-order valence-corrected chi connectivity index (χ0v) is 16.7. The molecule has 2 aromatic carbocycles.